The van der Waals surface area contributed by atoms with Gasteiger partial charge in [-0.05, 0) is 36.8 Å². The maximum atomic E-state index is 9.77. The molecule has 0 atom stereocenters. The van der Waals surface area contributed by atoms with Gasteiger partial charge in [0.25, 0.3) is 0 Å². The van der Waals surface area contributed by atoms with Crippen LogP contribution in [-0.2, 0) is 0 Å². The Morgan fingerprint density at radius 2 is 2.00 bits per heavy atom. The predicted octanol–water partition coefficient (Wildman–Crippen LogP) is 2.20. The second-order valence-corrected chi connectivity index (χ2v) is 3.99. The second kappa shape index (κ2) is 4.75. The highest BCUT2D eigenvalue weighted by Gasteiger charge is 2.07. The zero-order valence-corrected chi connectivity index (χ0v) is 9.94. The van der Waals surface area contributed by atoms with Gasteiger partial charge in [-0.1, -0.05) is 12.2 Å². The topological polar surface area (TPSA) is 94.5 Å². The lowest BCUT2D eigenvalue weighted by atomic mass is 10.1. The molecule has 1 aliphatic carbocycles. The maximum absolute atomic E-state index is 9.77. The Kier molecular flexibility index (Phi) is 3.14. The molecule has 0 spiro atoms. The first-order valence-corrected chi connectivity index (χ1v) is 5.44. The van der Waals surface area contributed by atoms with Crippen LogP contribution in [0.3, 0.4) is 0 Å². The van der Waals surface area contributed by atoms with E-state index in [0.29, 0.717) is 22.8 Å². The molecule has 0 amide bonds. The van der Waals surface area contributed by atoms with E-state index < -0.39 is 0 Å². The summed E-state index contributed by atoms with van der Waals surface area (Å²) in [5.74, 6) is -0.0354. The fourth-order valence-electron chi connectivity index (χ4n) is 1.58. The Bertz CT molecular complexity index is 585. The molecule has 1 aromatic carbocycles. The molecule has 0 bridgehead atoms. The van der Waals surface area contributed by atoms with Gasteiger partial charge in [0.05, 0.1) is 11.4 Å². The average Bonchev–Trinajstić information content (AvgIpc) is 2.33. The fourth-order valence-corrected chi connectivity index (χ4v) is 1.58. The fraction of sp³-hybridized carbons (Fsp3) is 0.0769. The summed E-state index contributed by atoms with van der Waals surface area (Å²) < 4.78 is 0. The van der Waals surface area contributed by atoms with Gasteiger partial charge in [0.1, 0.15) is 11.4 Å². The molecule has 0 heterocycles. The van der Waals surface area contributed by atoms with Crippen molar-refractivity contribution in [2.75, 3.05) is 11.2 Å². The maximum Gasteiger partial charge on any atom is 0.163 e. The Hall–Kier alpha value is -2.56. The van der Waals surface area contributed by atoms with Crippen LogP contribution in [0.4, 0.5) is 11.4 Å². The van der Waals surface area contributed by atoms with Crippen molar-refractivity contribution in [3.8, 4) is 5.75 Å². The van der Waals surface area contributed by atoms with Crippen LogP contribution in [0.15, 0.2) is 41.5 Å². The molecular formula is C13H14N4O. The summed E-state index contributed by atoms with van der Waals surface area (Å²) in [5, 5.41) is 21.5. The van der Waals surface area contributed by atoms with Crippen LogP contribution in [-0.4, -0.2) is 16.5 Å². The highest BCUT2D eigenvalue weighted by atomic mass is 16.3. The van der Waals surface area contributed by atoms with Crippen LogP contribution in [0.25, 0.3) is 0 Å². The van der Waals surface area contributed by atoms with E-state index in [4.69, 9.17) is 11.1 Å². The Labute approximate surface area is 105 Å². The number of phenols is 1. The van der Waals surface area contributed by atoms with E-state index in [1.54, 1.807) is 36.4 Å². The van der Waals surface area contributed by atoms with Crippen LogP contribution < -0.4 is 11.2 Å². The van der Waals surface area contributed by atoms with Crippen LogP contribution in [0.2, 0.25) is 0 Å². The smallest absolute Gasteiger partial charge is 0.163 e. The number of nitrogen functional groups attached to an aromatic ring is 1. The van der Waals surface area contributed by atoms with Crippen LogP contribution in [0.1, 0.15) is 5.56 Å². The van der Waals surface area contributed by atoms with E-state index in [-0.39, 0.29) is 5.75 Å². The minimum Gasteiger partial charge on any atom is -0.504 e. The van der Waals surface area contributed by atoms with Gasteiger partial charge in [-0.3, -0.25) is 10.8 Å². The third-order valence-electron chi connectivity index (χ3n) is 2.48. The third kappa shape index (κ3) is 2.40. The van der Waals surface area contributed by atoms with Crippen LogP contribution in [0.5, 0.6) is 5.75 Å². The molecule has 2 rings (SSSR count). The highest BCUT2D eigenvalue weighted by molar-refractivity contribution is 6.50. The largest absolute Gasteiger partial charge is 0.504 e. The van der Waals surface area contributed by atoms with Gasteiger partial charge < -0.3 is 10.8 Å². The van der Waals surface area contributed by atoms with Gasteiger partial charge in [-0.25, -0.2) is 0 Å². The minimum atomic E-state index is -0.0354. The van der Waals surface area contributed by atoms with E-state index in [1.807, 2.05) is 6.92 Å². The summed E-state index contributed by atoms with van der Waals surface area (Å²) in [6.07, 6.45) is 6.92. The number of allylic oxidation sites excluding steroid dienone is 4. The van der Waals surface area contributed by atoms with Gasteiger partial charge in [0.15, 0.2) is 5.75 Å². The second-order valence-electron chi connectivity index (χ2n) is 3.99. The number of benzene rings is 1. The zero-order valence-electron chi connectivity index (χ0n) is 9.94. The van der Waals surface area contributed by atoms with Gasteiger partial charge in [0.2, 0.25) is 0 Å². The molecule has 92 valence electrons. The van der Waals surface area contributed by atoms with E-state index in [9.17, 15) is 5.11 Å². The molecular weight excluding hydrogens is 228 g/mol. The lowest BCUT2D eigenvalue weighted by Gasteiger charge is -2.09. The molecule has 0 radical (unpaired) electrons. The number of nitrogens with one attached hydrogen (secondary N) is 2. The third-order valence-corrected chi connectivity index (χ3v) is 2.48. The quantitative estimate of drug-likeness (QED) is 0.277. The molecule has 18 heavy (non-hydrogen) atoms. The summed E-state index contributed by atoms with van der Waals surface area (Å²) in [6, 6.07) is 3.42. The first-order valence-electron chi connectivity index (χ1n) is 5.44. The van der Waals surface area contributed by atoms with Crippen molar-refractivity contribution in [1.82, 2.24) is 0 Å². The van der Waals surface area contributed by atoms with Crippen LogP contribution in [0, 0.1) is 12.3 Å². The van der Waals surface area contributed by atoms with Crippen molar-refractivity contribution in [3.63, 3.8) is 0 Å². The number of hydrogen-bond donors (Lipinski definition) is 4. The number of nitrogens with zero attached hydrogens (tertiary/aromatic N) is 1. The van der Waals surface area contributed by atoms with Gasteiger partial charge >= 0.3 is 0 Å². The molecule has 0 saturated heterocycles. The lowest BCUT2D eigenvalue weighted by molar-refractivity contribution is 0.480. The van der Waals surface area contributed by atoms with Gasteiger partial charge in [0, 0.05) is 0 Å². The van der Waals surface area contributed by atoms with E-state index in [1.165, 1.54) is 0 Å². The molecule has 5 heteroatoms. The summed E-state index contributed by atoms with van der Waals surface area (Å²) in [7, 11) is 0. The predicted molar refractivity (Wildman–Crippen MR) is 74.3 cm³/mol. The summed E-state index contributed by atoms with van der Waals surface area (Å²) in [4.78, 5) is 0. The number of aryl methyl sites for hydroxylation is 1. The van der Waals surface area contributed by atoms with E-state index in [2.05, 4.69) is 10.5 Å². The number of nitrogens with two attached hydrogens (primary N) is 1. The summed E-state index contributed by atoms with van der Waals surface area (Å²) in [6.45, 7) is 1.87. The van der Waals surface area contributed by atoms with E-state index >= 15 is 0 Å². The standard InChI is InChI=1S/C13H14N4O/c1-8-6-10(15)13(18)12(7-8)17-16-11-5-3-2-4-9(11)14/h2-7,14,17-18H,15H2,1H3/b14-9?,16-11-. The molecule has 0 unspecified atom stereocenters. The van der Waals surface area contributed by atoms with Gasteiger partial charge in [-0.15, -0.1) is 0 Å². The van der Waals surface area contributed by atoms with Crippen molar-refractivity contribution < 1.29 is 5.11 Å². The minimum absolute atomic E-state index is 0.0354. The Balaban J connectivity index is 2.25. The summed E-state index contributed by atoms with van der Waals surface area (Å²) in [5.41, 5.74) is 10.8. The van der Waals surface area contributed by atoms with Crippen molar-refractivity contribution >= 4 is 22.8 Å². The molecule has 0 aliphatic heterocycles. The Morgan fingerprint density at radius 1 is 1.28 bits per heavy atom. The normalized spacial score (nSPS) is 16.3. The number of anilines is 2. The SMILES string of the molecule is Cc1cc(N)c(O)c(N/N=C2/C=CC=CC2=N)c1. The van der Waals surface area contributed by atoms with E-state index in [0.717, 1.165) is 5.56 Å². The number of hydrazone groups is 1. The zero-order chi connectivity index (χ0) is 13.1. The highest BCUT2D eigenvalue weighted by Crippen LogP contribution is 2.31. The van der Waals surface area contributed by atoms with Crippen molar-refractivity contribution in [1.29, 1.82) is 5.41 Å². The van der Waals surface area contributed by atoms with Crippen LogP contribution >= 0.6 is 0 Å². The molecule has 0 aromatic heterocycles. The van der Waals surface area contributed by atoms with Gasteiger partial charge in [-0.2, -0.15) is 5.10 Å². The molecule has 0 saturated carbocycles. The van der Waals surface area contributed by atoms with Crippen molar-refractivity contribution in [2.45, 2.75) is 6.92 Å². The molecule has 1 aromatic rings. The lowest BCUT2D eigenvalue weighted by Crippen LogP contribution is -2.11. The molecule has 5 N–H and O–H groups in total. The monoisotopic (exact) mass is 242 g/mol. The molecule has 5 nitrogen and oxygen atoms in total. The molecule has 0 fully saturated rings. The average molecular weight is 242 g/mol. The molecule has 1 aliphatic rings. The number of aromatic hydroxyl groups is 1. The summed E-state index contributed by atoms with van der Waals surface area (Å²) >= 11 is 0. The first-order chi connectivity index (χ1) is 8.58. The van der Waals surface area contributed by atoms with Crippen molar-refractivity contribution in [2.24, 2.45) is 5.10 Å². The van der Waals surface area contributed by atoms with Crippen molar-refractivity contribution in [3.05, 3.63) is 42.0 Å². The number of rotatable bonds is 2. The Morgan fingerprint density at radius 3 is 2.72 bits per heavy atom. The number of phenolic OH excluding ortho intramolecular Hbond substituents is 1. The number of hydrogen-bond acceptors (Lipinski definition) is 5. The first kappa shape index (κ1) is 11.9.